The van der Waals surface area contributed by atoms with Crippen LogP contribution in [0, 0.1) is 5.41 Å². The number of imidazole rings is 1. The lowest BCUT2D eigenvalue weighted by Gasteiger charge is -2.08. The van der Waals surface area contributed by atoms with Crippen molar-refractivity contribution in [2.45, 2.75) is 19.4 Å². The molecule has 8 nitrogen and oxygen atoms in total. The molecule has 3 N–H and O–H groups in total. The third kappa shape index (κ3) is 6.24. The van der Waals surface area contributed by atoms with Crippen LogP contribution in [0.5, 0.6) is 0 Å². The van der Waals surface area contributed by atoms with E-state index in [0.29, 0.717) is 12.0 Å². The lowest BCUT2D eigenvalue weighted by atomic mass is 10.1. The monoisotopic (exact) mass is 482 g/mol. The van der Waals surface area contributed by atoms with E-state index in [0.717, 1.165) is 33.8 Å². The Bertz CT molecular complexity index is 1360. The Labute approximate surface area is 208 Å². The summed E-state index contributed by atoms with van der Waals surface area (Å²) in [4.78, 5) is 27.6. The third-order valence-electron chi connectivity index (χ3n) is 5.63. The van der Waals surface area contributed by atoms with Crippen LogP contribution in [0.15, 0.2) is 85.1 Å². The fraction of sp³-hybridized carbons (Fsp3) is 0.143. The van der Waals surface area contributed by atoms with Crippen LogP contribution in [0.4, 0.5) is 4.79 Å². The molecule has 8 heteroatoms. The van der Waals surface area contributed by atoms with Crippen molar-refractivity contribution in [2.24, 2.45) is 7.05 Å². The Hall–Kier alpha value is -4.72. The fourth-order valence-corrected chi connectivity index (χ4v) is 3.69. The lowest BCUT2D eigenvalue weighted by Crippen LogP contribution is -2.30. The van der Waals surface area contributed by atoms with Gasteiger partial charge in [-0.2, -0.15) is 0 Å². The summed E-state index contributed by atoms with van der Waals surface area (Å²) in [7, 11) is 1.92. The number of amidine groups is 1. The van der Waals surface area contributed by atoms with Crippen molar-refractivity contribution in [2.75, 3.05) is 0 Å². The summed E-state index contributed by atoms with van der Waals surface area (Å²) < 4.78 is 7.11. The number of carboxylic acid groups (broad SMARTS) is 1. The Balaban J connectivity index is 1.38. The van der Waals surface area contributed by atoms with Crippen molar-refractivity contribution < 1.29 is 19.4 Å². The molecule has 0 aliphatic carbocycles. The van der Waals surface area contributed by atoms with Gasteiger partial charge in [0.2, 0.25) is 0 Å². The van der Waals surface area contributed by atoms with Crippen molar-refractivity contribution >= 4 is 17.9 Å². The maximum absolute atomic E-state index is 12.0. The summed E-state index contributed by atoms with van der Waals surface area (Å²) in [6.45, 7) is 0.131. The second kappa shape index (κ2) is 11.1. The van der Waals surface area contributed by atoms with Crippen LogP contribution in [0.3, 0.4) is 0 Å². The van der Waals surface area contributed by atoms with Crippen LogP contribution >= 0.6 is 0 Å². The molecule has 1 heterocycles. The van der Waals surface area contributed by atoms with Gasteiger partial charge in [-0.15, -0.1) is 0 Å². The van der Waals surface area contributed by atoms with Crippen LogP contribution in [0.1, 0.15) is 23.1 Å². The van der Waals surface area contributed by atoms with Crippen molar-refractivity contribution in [3.05, 3.63) is 102 Å². The molecule has 1 amide bonds. The topological polar surface area (TPSA) is 117 Å². The van der Waals surface area contributed by atoms with Crippen LogP contribution in [-0.4, -0.2) is 32.6 Å². The molecule has 3 aromatic carbocycles. The van der Waals surface area contributed by atoms with E-state index in [4.69, 9.17) is 20.2 Å². The number of hydrogen-bond donors (Lipinski definition) is 3. The van der Waals surface area contributed by atoms with Gasteiger partial charge in [0.05, 0.1) is 5.69 Å². The Morgan fingerprint density at radius 3 is 2.28 bits per heavy atom. The average Bonchev–Trinajstić information content (AvgIpc) is 3.28. The largest absolute Gasteiger partial charge is 0.481 e. The first-order valence-corrected chi connectivity index (χ1v) is 11.4. The van der Waals surface area contributed by atoms with Gasteiger partial charge in [0.25, 0.3) is 0 Å². The fourth-order valence-electron chi connectivity index (χ4n) is 3.69. The number of alkyl carbamates (subject to hydrolysis) is 1. The first-order valence-electron chi connectivity index (χ1n) is 11.4. The second-order valence-electron chi connectivity index (χ2n) is 8.29. The molecule has 182 valence electrons. The molecule has 4 rings (SSSR count). The summed E-state index contributed by atoms with van der Waals surface area (Å²) in [6.07, 6.45) is 1.83. The summed E-state index contributed by atoms with van der Waals surface area (Å²) in [6, 6.07) is 24.3. The van der Waals surface area contributed by atoms with E-state index in [1.54, 1.807) is 12.1 Å². The number of nitrogens with one attached hydrogen (secondary N) is 2. The third-order valence-corrected chi connectivity index (χ3v) is 5.63. The van der Waals surface area contributed by atoms with Gasteiger partial charge in [-0.3, -0.25) is 15.5 Å². The van der Waals surface area contributed by atoms with Crippen molar-refractivity contribution in [1.82, 2.24) is 14.9 Å². The minimum Gasteiger partial charge on any atom is -0.481 e. The molecule has 0 saturated heterocycles. The van der Waals surface area contributed by atoms with E-state index in [1.807, 2.05) is 84.5 Å². The molecule has 36 heavy (non-hydrogen) atoms. The summed E-state index contributed by atoms with van der Waals surface area (Å²) >= 11 is 0. The number of hydrogen-bond acceptors (Lipinski definition) is 5. The SMILES string of the molecule is Cn1cc(-c2ccc(C(=N)NC(=O)OCc3ccccc3)cc2)nc1-c1ccc(CCC(=O)O)cc1. The number of carbonyl (C=O) groups excluding carboxylic acids is 1. The highest BCUT2D eigenvalue weighted by Gasteiger charge is 2.12. The first-order chi connectivity index (χ1) is 17.4. The van der Waals surface area contributed by atoms with E-state index >= 15 is 0 Å². The number of aromatic nitrogens is 2. The zero-order valence-corrected chi connectivity index (χ0v) is 19.8. The normalized spacial score (nSPS) is 10.6. The van der Waals surface area contributed by atoms with Gasteiger partial charge >= 0.3 is 12.1 Å². The highest BCUT2D eigenvalue weighted by molar-refractivity contribution is 6.04. The zero-order valence-electron chi connectivity index (χ0n) is 19.8. The highest BCUT2D eigenvalue weighted by atomic mass is 16.5. The van der Waals surface area contributed by atoms with E-state index < -0.39 is 12.1 Å². The predicted octanol–water partition coefficient (Wildman–Crippen LogP) is 5.02. The Kier molecular flexibility index (Phi) is 7.55. The van der Waals surface area contributed by atoms with Crippen LogP contribution < -0.4 is 5.32 Å². The average molecular weight is 483 g/mol. The van der Waals surface area contributed by atoms with Gasteiger partial charge in [-0.1, -0.05) is 78.9 Å². The summed E-state index contributed by atoms with van der Waals surface area (Å²) in [5.74, 6) is -0.0773. The zero-order chi connectivity index (χ0) is 25.5. The van der Waals surface area contributed by atoms with Gasteiger partial charge < -0.3 is 14.4 Å². The van der Waals surface area contributed by atoms with Crippen molar-refractivity contribution in [1.29, 1.82) is 5.41 Å². The molecule has 0 fully saturated rings. The number of aliphatic carboxylic acids is 1. The number of nitrogens with zero attached hydrogens (tertiary/aromatic N) is 2. The molecule has 0 bridgehead atoms. The maximum atomic E-state index is 12.0. The Morgan fingerprint density at radius 1 is 0.944 bits per heavy atom. The van der Waals surface area contributed by atoms with E-state index in [1.165, 1.54) is 0 Å². The predicted molar refractivity (Wildman–Crippen MR) is 137 cm³/mol. The van der Waals surface area contributed by atoms with Gasteiger partial charge in [0.15, 0.2) is 0 Å². The van der Waals surface area contributed by atoms with E-state index in [9.17, 15) is 9.59 Å². The second-order valence-corrected chi connectivity index (χ2v) is 8.29. The standard InChI is InChI=1S/C28H26N4O4/c1-32-17-24(30-27(32)23-10-7-19(8-11-23)9-16-25(33)34)21-12-14-22(15-13-21)26(29)31-28(35)36-18-20-5-3-2-4-6-20/h2-8,10-15,17H,9,16,18H2,1H3,(H,33,34)(H2,29,31,35). The van der Waals surface area contributed by atoms with E-state index in [2.05, 4.69) is 5.32 Å². The molecular weight excluding hydrogens is 456 g/mol. The molecular formula is C28H26N4O4. The molecule has 0 aliphatic heterocycles. The summed E-state index contributed by atoms with van der Waals surface area (Å²) in [5.41, 5.74) is 4.95. The number of carboxylic acids is 1. The van der Waals surface area contributed by atoms with Crippen LogP contribution in [-0.2, 0) is 29.6 Å². The van der Waals surface area contributed by atoms with Crippen molar-refractivity contribution in [3.8, 4) is 22.6 Å². The number of ether oxygens (including phenoxy) is 1. The number of aryl methyl sites for hydroxylation is 2. The molecule has 0 atom stereocenters. The van der Waals surface area contributed by atoms with Crippen molar-refractivity contribution in [3.63, 3.8) is 0 Å². The number of amides is 1. The molecule has 0 unspecified atom stereocenters. The minimum atomic E-state index is -0.812. The van der Waals surface area contributed by atoms with Crippen LogP contribution in [0.25, 0.3) is 22.6 Å². The molecule has 0 aliphatic rings. The number of benzene rings is 3. The molecule has 0 saturated carbocycles. The molecule has 1 aromatic heterocycles. The molecule has 0 spiro atoms. The maximum Gasteiger partial charge on any atom is 0.413 e. The van der Waals surface area contributed by atoms with Gasteiger partial charge in [0, 0.05) is 36.4 Å². The number of carbonyl (C=O) groups is 2. The summed E-state index contributed by atoms with van der Waals surface area (Å²) in [5, 5.41) is 19.5. The van der Waals surface area contributed by atoms with Gasteiger partial charge in [0.1, 0.15) is 18.3 Å². The molecule has 4 aromatic rings. The van der Waals surface area contributed by atoms with E-state index in [-0.39, 0.29) is 18.9 Å². The Morgan fingerprint density at radius 2 is 1.61 bits per heavy atom. The highest BCUT2D eigenvalue weighted by Crippen LogP contribution is 2.25. The van der Waals surface area contributed by atoms with Gasteiger partial charge in [-0.05, 0) is 17.5 Å². The first kappa shape index (κ1) is 24.4. The lowest BCUT2D eigenvalue weighted by molar-refractivity contribution is -0.136. The number of rotatable bonds is 8. The smallest absolute Gasteiger partial charge is 0.413 e. The quantitative estimate of drug-likeness (QED) is 0.241. The van der Waals surface area contributed by atoms with Gasteiger partial charge in [-0.25, -0.2) is 9.78 Å². The minimum absolute atomic E-state index is 0.0516. The van der Waals surface area contributed by atoms with Crippen LogP contribution in [0.2, 0.25) is 0 Å². The molecule has 0 radical (unpaired) electrons.